The molecule has 10 nitrogen and oxygen atoms in total. The molecule has 2 aliphatic heterocycles. The number of benzene rings is 2. The molecule has 11 heteroatoms. The molecule has 2 fully saturated rings. The normalized spacial score (nSPS) is 17.6. The first-order valence-electron chi connectivity index (χ1n) is 14.6. The molecule has 0 unspecified atom stereocenters. The molecule has 4 heterocycles. The summed E-state index contributed by atoms with van der Waals surface area (Å²) < 4.78 is 13.5. The fraction of sp³-hybridized carbons (Fsp3) is 0.312. The van der Waals surface area contributed by atoms with E-state index in [2.05, 4.69) is 56.2 Å². The van der Waals surface area contributed by atoms with E-state index in [0.717, 1.165) is 44.7 Å². The second kappa shape index (κ2) is 12.2. The lowest BCUT2D eigenvalue weighted by atomic mass is 10.0. The molecule has 2 saturated heterocycles. The number of nitrogens with zero attached hydrogens (tertiary/aromatic N) is 5. The first-order chi connectivity index (χ1) is 20.9. The van der Waals surface area contributed by atoms with E-state index in [-0.39, 0.29) is 17.7 Å². The highest BCUT2D eigenvalue weighted by Crippen LogP contribution is 2.30. The number of rotatable bonds is 8. The van der Waals surface area contributed by atoms with Crippen LogP contribution in [0.2, 0.25) is 0 Å². The number of H-pyrrole nitrogens is 1. The zero-order valence-electron chi connectivity index (χ0n) is 24.1. The van der Waals surface area contributed by atoms with Crippen molar-refractivity contribution in [3.05, 3.63) is 84.3 Å². The molecule has 1 amide bonds. The van der Waals surface area contributed by atoms with Gasteiger partial charge in [-0.3, -0.25) is 9.59 Å². The summed E-state index contributed by atoms with van der Waals surface area (Å²) >= 11 is 0. The van der Waals surface area contributed by atoms with Gasteiger partial charge in [-0.25, -0.2) is 4.39 Å². The minimum Gasteiger partial charge on any atom is -0.369 e. The maximum Gasteiger partial charge on any atom is 0.246 e. The van der Waals surface area contributed by atoms with E-state index in [4.69, 9.17) is 4.98 Å². The predicted octanol–water partition coefficient (Wildman–Crippen LogP) is 4.41. The standard InChI is InChI=1S/C32H35FN8O2/c1-3-27(42)41-14-4-5-24(20-41)35-31-28-26(29(43)21-6-8-22(33)9-7-21)19-34-30(28)37-32(38-31)36-23-10-12-25(13-11-23)40-17-15-39(2)16-18-40/h3,6-13,19,24H,1,4-5,14-18,20H2,2H3,(H3,34,35,36,37,38)/t24-/m1/s1. The number of carbonyl (C=O) groups excluding carboxylic acids is 2. The number of nitrogens with one attached hydrogen (secondary N) is 3. The first-order valence-corrected chi connectivity index (χ1v) is 14.6. The average molecular weight is 583 g/mol. The molecule has 6 rings (SSSR count). The topological polar surface area (TPSA) is 109 Å². The van der Waals surface area contributed by atoms with Gasteiger partial charge in [0.15, 0.2) is 5.78 Å². The minimum absolute atomic E-state index is 0.0878. The quantitative estimate of drug-likeness (QED) is 0.207. The van der Waals surface area contributed by atoms with Crippen LogP contribution in [-0.4, -0.2) is 88.8 Å². The highest BCUT2D eigenvalue weighted by Gasteiger charge is 2.26. The zero-order chi connectivity index (χ0) is 29.9. The van der Waals surface area contributed by atoms with E-state index in [0.29, 0.717) is 47.0 Å². The number of likely N-dealkylation sites (tertiary alicyclic amines) is 1. The fourth-order valence-electron chi connectivity index (χ4n) is 5.70. The second-order valence-electron chi connectivity index (χ2n) is 11.1. The summed E-state index contributed by atoms with van der Waals surface area (Å²) in [5.41, 5.74) is 3.21. The summed E-state index contributed by atoms with van der Waals surface area (Å²) in [5.74, 6) is 0.0381. The Bertz CT molecular complexity index is 1630. The van der Waals surface area contributed by atoms with Crippen LogP contribution in [-0.2, 0) is 4.79 Å². The van der Waals surface area contributed by atoms with Crippen molar-refractivity contribution < 1.29 is 14.0 Å². The number of hydrogen-bond donors (Lipinski definition) is 3. The molecule has 4 aromatic rings. The van der Waals surface area contributed by atoms with Crippen LogP contribution in [0, 0.1) is 5.82 Å². The van der Waals surface area contributed by atoms with Crippen LogP contribution in [0.15, 0.2) is 67.4 Å². The van der Waals surface area contributed by atoms with Crippen LogP contribution < -0.4 is 15.5 Å². The van der Waals surface area contributed by atoms with Gasteiger partial charge in [0.1, 0.15) is 17.3 Å². The number of amides is 1. The smallest absolute Gasteiger partial charge is 0.246 e. The monoisotopic (exact) mass is 582 g/mol. The Morgan fingerprint density at radius 1 is 1.02 bits per heavy atom. The van der Waals surface area contributed by atoms with Crippen molar-refractivity contribution in [3.63, 3.8) is 0 Å². The third-order valence-corrected chi connectivity index (χ3v) is 8.12. The van der Waals surface area contributed by atoms with Crippen molar-refractivity contribution in [1.82, 2.24) is 24.8 Å². The van der Waals surface area contributed by atoms with E-state index >= 15 is 0 Å². The van der Waals surface area contributed by atoms with Crippen molar-refractivity contribution in [2.45, 2.75) is 18.9 Å². The molecule has 2 aromatic heterocycles. The predicted molar refractivity (Wildman–Crippen MR) is 167 cm³/mol. The summed E-state index contributed by atoms with van der Waals surface area (Å²) in [6.45, 7) is 8.81. The van der Waals surface area contributed by atoms with Crippen LogP contribution >= 0.6 is 0 Å². The van der Waals surface area contributed by atoms with Crippen molar-refractivity contribution in [3.8, 4) is 0 Å². The maximum absolute atomic E-state index is 13.5. The third kappa shape index (κ3) is 6.21. The van der Waals surface area contributed by atoms with Crippen molar-refractivity contribution in [1.29, 1.82) is 0 Å². The third-order valence-electron chi connectivity index (χ3n) is 8.12. The molecule has 43 heavy (non-hydrogen) atoms. The van der Waals surface area contributed by atoms with Crippen LogP contribution in [0.1, 0.15) is 28.8 Å². The highest BCUT2D eigenvalue weighted by molar-refractivity contribution is 6.18. The van der Waals surface area contributed by atoms with Gasteiger partial charge in [-0.15, -0.1) is 0 Å². The van der Waals surface area contributed by atoms with Gasteiger partial charge in [0.05, 0.1) is 10.9 Å². The van der Waals surface area contributed by atoms with E-state index in [1.807, 2.05) is 12.1 Å². The summed E-state index contributed by atoms with van der Waals surface area (Å²) in [7, 11) is 2.14. The van der Waals surface area contributed by atoms with Crippen LogP contribution in [0.3, 0.4) is 0 Å². The Kier molecular flexibility index (Phi) is 8.06. The Morgan fingerprint density at radius 3 is 2.49 bits per heavy atom. The molecule has 0 radical (unpaired) electrons. The van der Waals surface area contributed by atoms with Gasteiger partial charge in [0, 0.05) is 68.4 Å². The Morgan fingerprint density at radius 2 is 1.77 bits per heavy atom. The summed E-state index contributed by atoms with van der Waals surface area (Å²) in [6, 6.07) is 13.6. The molecular weight excluding hydrogens is 547 g/mol. The van der Waals surface area contributed by atoms with E-state index < -0.39 is 5.82 Å². The van der Waals surface area contributed by atoms with Gasteiger partial charge in [-0.2, -0.15) is 9.97 Å². The van der Waals surface area contributed by atoms with Gasteiger partial charge < -0.3 is 30.3 Å². The number of hydrogen-bond acceptors (Lipinski definition) is 8. The average Bonchev–Trinajstić information content (AvgIpc) is 3.46. The summed E-state index contributed by atoms with van der Waals surface area (Å²) in [5, 5.41) is 7.34. The summed E-state index contributed by atoms with van der Waals surface area (Å²) in [6.07, 6.45) is 4.59. The van der Waals surface area contributed by atoms with Gasteiger partial charge in [0.25, 0.3) is 0 Å². The maximum atomic E-state index is 13.5. The fourth-order valence-corrected chi connectivity index (χ4v) is 5.70. The lowest BCUT2D eigenvalue weighted by Crippen LogP contribution is -2.44. The number of piperazine rings is 1. The van der Waals surface area contributed by atoms with E-state index in [1.165, 1.54) is 36.0 Å². The lowest BCUT2D eigenvalue weighted by Gasteiger charge is -2.34. The molecule has 1 atom stereocenters. The molecular formula is C32H35FN8O2. The zero-order valence-corrected chi connectivity index (χ0v) is 24.1. The molecule has 222 valence electrons. The van der Waals surface area contributed by atoms with Gasteiger partial charge in [-0.1, -0.05) is 6.58 Å². The molecule has 0 bridgehead atoms. The van der Waals surface area contributed by atoms with E-state index in [1.54, 1.807) is 11.1 Å². The molecule has 0 aliphatic carbocycles. The van der Waals surface area contributed by atoms with Gasteiger partial charge in [0.2, 0.25) is 11.9 Å². The highest BCUT2D eigenvalue weighted by atomic mass is 19.1. The summed E-state index contributed by atoms with van der Waals surface area (Å²) in [4.78, 5) is 44.9. The van der Waals surface area contributed by atoms with Crippen molar-refractivity contribution in [2.24, 2.45) is 0 Å². The molecule has 0 spiro atoms. The Balaban J connectivity index is 1.30. The number of aromatic nitrogens is 3. The van der Waals surface area contributed by atoms with E-state index in [9.17, 15) is 14.0 Å². The first kappa shape index (κ1) is 28.4. The second-order valence-corrected chi connectivity index (χ2v) is 11.1. The van der Waals surface area contributed by atoms with Gasteiger partial charge >= 0.3 is 0 Å². The van der Waals surface area contributed by atoms with Crippen LogP contribution in [0.4, 0.5) is 27.5 Å². The largest absolute Gasteiger partial charge is 0.369 e. The molecule has 2 aromatic carbocycles. The molecule has 0 saturated carbocycles. The minimum atomic E-state index is -0.413. The number of halogens is 1. The number of likely N-dealkylation sites (N-methyl/N-ethyl adjacent to an activating group) is 1. The van der Waals surface area contributed by atoms with Crippen molar-refractivity contribution in [2.75, 3.05) is 61.8 Å². The molecule has 3 N–H and O–H groups in total. The number of aromatic amines is 1. The Hall–Kier alpha value is -4.77. The number of piperidine rings is 1. The number of ketones is 1. The number of anilines is 4. The SMILES string of the molecule is C=CC(=O)N1CCC[C@@H](Nc2nc(Nc3ccc(N4CCN(C)CC4)cc3)nc3[nH]cc(C(=O)c4ccc(F)cc4)c23)C1. The van der Waals surface area contributed by atoms with Gasteiger partial charge in [-0.05, 0) is 74.5 Å². The van der Waals surface area contributed by atoms with Crippen molar-refractivity contribution >= 4 is 45.9 Å². The number of carbonyl (C=O) groups is 2. The Labute approximate surface area is 249 Å². The number of fused-ring (bicyclic) bond motifs is 1. The van der Waals surface area contributed by atoms with Crippen LogP contribution in [0.5, 0.6) is 0 Å². The lowest BCUT2D eigenvalue weighted by molar-refractivity contribution is -0.127. The van der Waals surface area contributed by atoms with Crippen LogP contribution in [0.25, 0.3) is 11.0 Å². The molecule has 2 aliphatic rings.